The summed E-state index contributed by atoms with van der Waals surface area (Å²) in [5, 5.41) is 0. The standard InChI is InChI=1S/C14H21FN4O2/c1-2-8-21-10-4-3-7-19(9-10)14(20)11-5-6-17-13(18-16)12(11)15/h5-6,10H,2-4,7-9,16H2,1H3,(H,17,18). The van der Waals surface area contributed by atoms with Crippen LogP contribution in [-0.4, -0.2) is 41.6 Å². The molecule has 0 aliphatic carbocycles. The lowest BCUT2D eigenvalue weighted by atomic mass is 10.1. The minimum atomic E-state index is -0.721. The van der Waals surface area contributed by atoms with E-state index in [0.717, 1.165) is 19.3 Å². The van der Waals surface area contributed by atoms with Crippen molar-refractivity contribution in [3.8, 4) is 0 Å². The van der Waals surface area contributed by atoms with Crippen molar-refractivity contribution in [3.05, 3.63) is 23.6 Å². The SMILES string of the molecule is CCCOC1CCCN(C(=O)c2ccnc(NN)c2F)C1. The second-order valence-corrected chi connectivity index (χ2v) is 5.05. The smallest absolute Gasteiger partial charge is 0.257 e. The van der Waals surface area contributed by atoms with E-state index in [4.69, 9.17) is 10.6 Å². The second-order valence-electron chi connectivity index (χ2n) is 5.05. The third kappa shape index (κ3) is 3.68. The van der Waals surface area contributed by atoms with Crippen molar-refractivity contribution >= 4 is 11.7 Å². The molecule has 21 heavy (non-hydrogen) atoms. The molecule has 0 saturated carbocycles. The number of ether oxygens (including phenoxy) is 1. The van der Waals surface area contributed by atoms with Crippen molar-refractivity contribution in [2.45, 2.75) is 32.3 Å². The van der Waals surface area contributed by atoms with Gasteiger partial charge in [0, 0.05) is 25.9 Å². The van der Waals surface area contributed by atoms with Gasteiger partial charge in [-0.25, -0.2) is 15.2 Å². The zero-order valence-electron chi connectivity index (χ0n) is 12.1. The number of piperidine rings is 1. The van der Waals surface area contributed by atoms with Gasteiger partial charge in [-0.15, -0.1) is 0 Å². The van der Waals surface area contributed by atoms with Crippen LogP contribution in [0.2, 0.25) is 0 Å². The van der Waals surface area contributed by atoms with Crippen LogP contribution in [0.25, 0.3) is 0 Å². The molecule has 0 aromatic carbocycles. The van der Waals surface area contributed by atoms with E-state index in [2.05, 4.69) is 10.4 Å². The van der Waals surface area contributed by atoms with Crippen LogP contribution in [0.5, 0.6) is 0 Å². The van der Waals surface area contributed by atoms with E-state index in [1.165, 1.54) is 12.3 Å². The molecule has 1 aliphatic heterocycles. The fraction of sp³-hybridized carbons (Fsp3) is 0.571. The molecule has 7 heteroatoms. The predicted molar refractivity (Wildman–Crippen MR) is 77.2 cm³/mol. The fourth-order valence-electron chi connectivity index (χ4n) is 2.42. The topological polar surface area (TPSA) is 80.5 Å². The number of hydrogen-bond acceptors (Lipinski definition) is 5. The summed E-state index contributed by atoms with van der Waals surface area (Å²) in [7, 11) is 0. The maximum Gasteiger partial charge on any atom is 0.257 e. The summed E-state index contributed by atoms with van der Waals surface area (Å²) in [6, 6.07) is 1.37. The minimum absolute atomic E-state index is 0.0194. The first-order chi connectivity index (χ1) is 10.2. The number of hydrazine groups is 1. The van der Waals surface area contributed by atoms with E-state index in [1.54, 1.807) is 4.90 Å². The first-order valence-corrected chi connectivity index (χ1v) is 7.19. The Balaban J connectivity index is 2.09. The van der Waals surface area contributed by atoms with Gasteiger partial charge in [0.2, 0.25) is 0 Å². The van der Waals surface area contributed by atoms with E-state index in [9.17, 15) is 9.18 Å². The molecule has 1 atom stereocenters. The molecule has 1 unspecified atom stereocenters. The second kappa shape index (κ2) is 7.33. The van der Waals surface area contributed by atoms with Crippen molar-refractivity contribution in [2.24, 2.45) is 5.84 Å². The van der Waals surface area contributed by atoms with Gasteiger partial charge in [-0.3, -0.25) is 4.79 Å². The van der Waals surface area contributed by atoms with Crippen molar-refractivity contribution in [1.82, 2.24) is 9.88 Å². The van der Waals surface area contributed by atoms with Gasteiger partial charge in [-0.05, 0) is 25.3 Å². The first kappa shape index (κ1) is 15.7. The zero-order chi connectivity index (χ0) is 15.2. The molecule has 1 aromatic rings. The molecular formula is C14H21FN4O2. The maximum atomic E-state index is 14.1. The van der Waals surface area contributed by atoms with Gasteiger partial charge in [0.1, 0.15) is 0 Å². The largest absolute Gasteiger partial charge is 0.376 e. The molecule has 0 radical (unpaired) electrons. The highest BCUT2D eigenvalue weighted by Crippen LogP contribution is 2.20. The van der Waals surface area contributed by atoms with Gasteiger partial charge in [0.15, 0.2) is 11.6 Å². The number of nitrogens with one attached hydrogen (secondary N) is 1. The summed E-state index contributed by atoms with van der Waals surface area (Å²) in [5.74, 6) is 3.98. The number of nitrogens with zero attached hydrogens (tertiary/aromatic N) is 2. The number of halogens is 1. The molecule has 0 bridgehead atoms. The Bertz CT molecular complexity index is 498. The third-order valence-electron chi connectivity index (χ3n) is 3.48. The number of likely N-dealkylation sites (tertiary alicyclic amines) is 1. The van der Waals surface area contributed by atoms with Gasteiger partial charge in [-0.1, -0.05) is 6.92 Å². The monoisotopic (exact) mass is 296 g/mol. The molecule has 2 rings (SSSR count). The van der Waals surface area contributed by atoms with Gasteiger partial charge in [-0.2, -0.15) is 0 Å². The molecule has 1 fully saturated rings. The number of hydrogen-bond donors (Lipinski definition) is 2. The molecule has 116 valence electrons. The number of anilines is 1. The number of nitrogen functional groups attached to an aromatic ring is 1. The number of carbonyl (C=O) groups is 1. The lowest BCUT2D eigenvalue weighted by molar-refractivity contribution is 0.00196. The predicted octanol–water partition coefficient (Wildman–Crippen LogP) is 1.54. The van der Waals surface area contributed by atoms with Gasteiger partial charge in [0.25, 0.3) is 5.91 Å². The molecule has 1 amide bonds. The van der Waals surface area contributed by atoms with Gasteiger partial charge < -0.3 is 15.1 Å². The fourth-order valence-corrected chi connectivity index (χ4v) is 2.42. The lowest BCUT2D eigenvalue weighted by Gasteiger charge is -2.32. The Hall–Kier alpha value is -1.73. The van der Waals surface area contributed by atoms with Crippen LogP contribution in [0.15, 0.2) is 12.3 Å². The van der Waals surface area contributed by atoms with Crippen molar-refractivity contribution in [2.75, 3.05) is 25.1 Å². The van der Waals surface area contributed by atoms with Gasteiger partial charge >= 0.3 is 0 Å². The number of aromatic nitrogens is 1. The summed E-state index contributed by atoms with van der Waals surface area (Å²) >= 11 is 0. The van der Waals surface area contributed by atoms with Crippen molar-refractivity contribution < 1.29 is 13.9 Å². The highest BCUT2D eigenvalue weighted by Gasteiger charge is 2.27. The van der Waals surface area contributed by atoms with Gasteiger partial charge in [0.05, 0.1) is 11.7 Å². The molecular weight excluding hydrogens is 275 g/mol. The third-order valence-corrected chi connectivity index (χ3v) is 3.48. The first-order valence-electron chi connectivity index (χ1n) is 7.19. The summed E-state index contributed by atoms with van der Waals surface area (Å²) in [5.41, 5.74) is 2.13. The highest BCUT2D eigenvalue weighted by atomic mass is 19.1. The van der Waals surface area contributed by atoms with E-state index >= 15 is 0 Å². The summed E-state index contributed by atoms with van der Waals surface area (Å²) in [6.45, 7) is 3.82. The van der Waals surface area contributed by atoms with Crippen LogP contribution < -0.4 is 11.3 Å². The maximum absolute atomic E-state index is 14.1. The van der Waals surface area contributed by atoms with Crippen LogP contribution in [0.3, 0.4) is 0 Å². The molecule has 1 aliphatic rings. The number of pyridine rings is 1. The summed E-state index contributed by atoms with van der Waals surface area (Å²) < 4.78 is 19.8. The van der Waals surface area contributed by atoms with E-state index in [0.29, 0.717) is 19.7 Å². The van der Waals surface area contributed by atoms with Crippen LogP contribution in [0, 0.1) is 5.82 Å². The molecule has 1 aromatic heterocycles. The zero-order valence-corrected chi connectivity index (χ0v) is 12.1. The Morgan fingerprint density at radius 2 is 2.48 bits per heavy atom. The van der Waals surface area contributed by atoms with Crippen molar-refractivity contribution in [1.29, 1.82) is 0 Å². The average Bonchev–Trinajstić information content (AvgIpc) is 2.53. The molecule has 1 saturated heterocycles. The lowest BCUT2D eigenvalue weighted by Crippen LogP contribution is -2.43. The van der Waals surface area contributed by atoms with Crippen LogP contribution in [0.4, 0.5) is 10.2 Å². The normalized spacial score (nSPS) is 18.6. The summed E-state index contributed by atoms with van der Waals surface area (Å²) in [4.78, 5) is 17.8. The Morgan fingerprint density at radius 1 is 1.67 bits per heavy atom. The number of rotatable bonds is 5. The quantitative estimate of drug-likeness (QED) is 0.636. The average molecular weight is 296 g/mol. The highest BCUT2D eigenvalue weighted by molar-refractivity contribution is 5.95. The van der Waals surface area contributed by atoms with E-state index in [-0.39, 0.29) is 23.4 Å². The van der Waals surface area contributed by atoms with Crippen molar-refractivity contribution in [3.63, 3.8) is 0 Å². The van der Waals surface area contributed by atoms with E-state index < -0.39 is 5.82 Å². The minimum Gasteiger partial charge on any atom is -0.376 e. The molecule has 2 heterocycles. The molecule has 6 nitrogen and oxygen atoms in total. The number of nitrogens with two attached hydrogens (primary N) is 1. The molecule has 0 spiro atoms. The Kier molecular flexibility index (Phi) is 5.46. The summed E-state index contributed by atoms with van der Waals surface area (Å²) in [6.07, 6.45) is 4.11. The van der Waals surface area contributed by atoms with Crippen LogP contribution >= 0.6 is 0 Å². The number of amides is 1. The van der Waals surface area contributed by atoms with E-state index in [1.807, 2.05) is 6.92 Å². The Labute approximate surface area is 123 Å². The van der Waals surface area contributed by atoms with Crippen LogP contribution in [0.1, 0.15) is 36.5 Å². The molecule has 3 N–H and O–H groups in total. The Morgan fingerprint density at radius 3 is 3.19 bits per heavy atom. The van der Waals surface area contributed by atoms with Crippen LogP contribution in [-0.2, 0) is 4.74 Å². The number of carbonyl (C=O) groups excluding carboxylic acids is 1.